The summed E-state index contributed by atoms with van der Waals surface area (Å²) in [5, 5.41) is 11.7. The van der Waals surface area contributed by atoms with E-state index in [0.717, 1.165) is 24.2 Å². The number of benzene rings is 1. The van der Waals surface area contributed by atoms with Gasteiger partial charge in [-0.25, -0.2) is 4.68 Å². The van der Waals surface area contributed by atoms with E-state index >= 15 is 0 Å². The van der Waals surface area contributed by atoms with Crippen molar-refractivity contribution in [1.29, 1.82) is 0 Å². The molecule has 1 fully saturated rings. The average molecular weight is 216 g/mol. The van der Waals surface area contributed by atoms with Gasteiger partial charge in [0.25, 0.3) is 0 Å². The first kappa shape index (κ1) is 9.14. The summed E-state index contributed by atoms with van der Waals surface area (Å²) in [5.41, 5.74) is 13.7. The molecule has 1 aliphatic rings. The van der Waals surface area contributed by atoms with Crippen molar-refractivity contribution in [3.63, 3.8) is 0 Å². The van der Waals surface area contributed by atoms with Crippen LogP contribution in [-0.4, -0.2) is 20.2 Å². The molecule has 1 saturated carbocycles. The maximum Gasteiger partial charge on any atom is 0.184 e. The van der Waals surface area contributed by atoms with Gasteiger partial charge < -0.3 is 11.5 Å². The van der Waals surface area contributed by atoms with Crippen molar-refractivity contribution in [1.82, 2.24) is 20.2 Å². The van der Waals surface area contributed by atoms with E-state index in [1.807, 2.05) is 10.7 Å². The number of nitrogens with zero attached hydrogens (tertiary/aromatic N) is 4. The minimum atomic E-state index is 0.432. The first-order chi connectivity index (χ1) is 7.75. The summed E-state index contributed by atoms with van der Waals surface area (Å²) in [4.78, 5) is 0. The van der Waals surface area contributed by atoms with E-state index < -0.39 is 0 Å². The number of nitrogen functional groups attached to an aromatic ring is 2. The molecule has 4 N–H and O–H groups in total. The zero-order valence-electron chi connectivity index (χ0n) is 8.67. The van der Waals surface area contributed by atoms with Crippen molar-refractivity contribution < 1.29 is 0 Å². The number of rotatable bonds is 2. The van der Waals surface area contributed by atoms with Crippen molar-refractivity contribution >= 4 is 11.4 Å². The fraction of sp³-hybridized carbons (Fsp3) is 0.300. The molecule has 0 saturated heterocycles. The Balaban J connectivity index is 2.10. The lowest BCUT2D eigenvalue weighted by atomic mass is 10.1. The third-order valence-corrected chi connectivity index (χ3v) is 2.70. The van der Waals surface area contributed by atoms with Crippen LogP contribution < -0.4 is 11.5 Å². The molecule has 0 unspecified atom stereocenters. The SMILES string of the molecule is Nc1ccc(-c2nnnn2C2CC2)c(N)c1. The molecule has 0 spiro atoms. The van der Waals surface area contributed by atoms with Gasteiger partial charge in [0, 0.05) is 16.9 Å². The van der Waals surface area contributed by atoms with Crippen molar-refractivity contribution in [3.8, 4) is 11.4 Å². The lowest BCUT2D eigenvalue weighted by Gasteiger charge is -2.06. The monoisotopic (exact) mass is 216 g/mol. The Bertz CT molecular complexity index is 528. The largest absolute Gasteiger partial charge is 0.399 e. The number of aromatic nitrogens is 4. The van der Waals surface area contributed by atoms with Crippen LogP contribution in [0.2, 0.25) is 0 Å². The van der Waals surface area contributed by atoms with Crippen LogP contribution in [0.25, 0.3) is 11.4 Å². The second-order valence-electron chi connectivity index (χ2n) is 4.02. The molecule has 0 aliphatic heterocycles. The normalized spacial score (nSPS) is 15.2. The molecular formula is C10H12N6. The van der Waals surface area contributed by atoms with Crippen LogP contribution in [0.15, 0.2) is 18.2 Å². The summed E-state index contributed by atoms with van der Waals surface area (Å²) < 4.78 is 1.84. The zero-order valence-corrected chi connectivity index (χ0v) is 8.67. The number of nitrogens with two attached hydrogens (primary N) is 2. The van der Waals surface area contributed by atoms with Crippen LogP contribution in [0.1, 0.15) is 18.9 Å². The summed E-state index contributed by atoms with van der Waals surface area (Å²) in [6.07, 6.45) is 2.26. The zero-order chi connectivity index (χ0) is 11.1. The van der Waals surface area contributed by atoms with E-state index in [9.17, 15) is 0 Å². The Morgan fingerprint density at radius 2 is 2.06 bits per heavy atom. The summed E-state index contributed by atoms with van der Waals surface area (Å²) in [5.74, 6) is 0.722. The van der Waals surface area contributed by atoms with Gasteiger partial charge in [0.15, 0.2) is 5.82 Å². The Morgan fingerprint density at radius 3 is 2.75 bits per heavy atom. The lowest BCUT2D eigenvalue weighted by Crippen LogP contribution is -2.02. The molecule has 0 amide bonds. The van der Waals surface area contributed by atoms with Gasteiger partial charge in [-0.15, -0.1) is 5.10 Å². The molecule has 0 radical (unpaired) electrons. The Kier molecular flexibility index (Phi) is 1.82. The smallest absolute Gasteiger partial charge is 0.184 e. The van der Waals surface area contributed by atoms with Crippen LogP contribution in [0.3, 0.4) is 0 Å². The first-order valence-electron chi connectivity index (χ1n) is 5.19. The molecular weight excluding hydrogens is 204 g/mol. The molecule has 1 aliphatic carbocycles. The van der Waals surface area contributed by atoms with Crippen molar-refractivity contribution in [2.45, 2.75) is 18.9 Å². The van der Waals surface area contributed by atoms with E-state index in [0.29, 0.717) is 17.4 Å². The topological polar surface area (TPSA) is 95.6 Å². The average Bonchev–Trinajstić information content (AvgIpc) is 2.98. The third-order valence-electron chi connectivity index (χ3n) is 2.70. The van der Waals surface area contributed by atoms with Gasteiger partial charge in [0.2, 0.25) is 0 Å². The Morgan fingerprint density at radius 1 is 1.25 bits per heavy atom. The van der Waals surface area contributed by atoms with Crippen molar-refractivity contribution in [2.75, 3.05) is 11.5 Å². The Hall–Kier alpha value is -2.11. The van der Waals surface area contributed by atoms with Crippen LogP contribution >= 0.6 is 0 Å². The highest BCUT2D eigenvalue weighted by molar-refractivity contribution is 5.74. The van der Waals surface area contributed by atoms with Crippen molar-refractivity contribution in [2.24, 2.45) is 0 Å². The number of anilines is 2. The van der Waals surface area contributed by atoms with Gasteiger partial charge in [0.1, 0.15) is 0 Å². The van der Waals surface area contributed by atoms with Crippen LogP contribution in [0, 0.1) is 0 Å². The number of hydrogen-bond acceptors (Lipinski definition) is 5. The number of tetrazole rings is 1. The third kappa shape index (κ3) is 1.39. The molecule has 6 heteroatoms. The summed E-state index contributed by atoms with van der Waals surface area (Å²) in [7, 11) is 0. The lowest BCUT2D eigenvalue weighted by molar-refractivity contribution is 0.615. The van der Waals surface area contributed by atoms with E-state index in [2.05, 4.69) is 15.5 Å². The first-order valence-corrected chi connectivity index (χ1v) is 5.19. The maximum absolute atomic E-state index is 5.91. The second-order valence-corrected chi connectivity index (χ2v) is 4.02. The molecule has 2 aromatic rings. The summed E-state index contributed by atoms with van der Waals surface area (Å²) >= 11 is 0. The van der Waals surface area contributed by atoms with Crippen LogP contribution in [-0.2, 0) is 0 Å². The minimum Gasteiger partial charge on any atom is -0.399 e. The Labute approximate surface area is 92.2 Å². The standard InChI is InChI=1S/C10H12N6/c11-6-1-4-8(9(12)5-6)10-13-14-15-16(10)7-2-3-7/h1,4-5,7H,2-3,11-12H2. The van der Waals surface area contributed by atoms with Crippen LogP contribution in [0.4, 0.5) is 11.4 Å². The minimum absolute atomic E-state index is 0.432. The van der Waals surface area contributed by atoms with E-state index in [1.165, 1.54) is 0 Å². The van der Waals surface area contributed by atoms with E-state index in [1.54, 1.807) is 12.1 Å². The highest BCUT2D eigenvalue weighted by Crippen LogP contribution is 2.37. The fourth-order valence-electron chi connectivity index (χ4n) is 1.72. The maximum atomic E-state index is 5.91. The molecule has 6 nitrogen and oxygen atoms in total. The highest BCUT2D eigenvalue weighted by Gasteiger charge is 2.28. The molecule has 0 atom stereocenters. The highest BCUT2D eigenvalue weighted by atomic mass is 15.6. The van der Waals surface area contributed by atoms with Gasteiger partial charge in [-0.3, -0.25) is 0 Å². The van der Waals surface area contributed by atoms with Crippen LogP contribution in [0.5, 0.6) is 0 Å². The molecule has 3 rings (SSSR count). The van der Waals surface area contributed by atoms with Gasteiger partial charge in [-0.1, -0.05) is 0 Å². The molecule has 82 valence electrons. The van der Waals surface area contributed by atoms with Gasteiger partial charge in [-0.05, 0) is 41.5 Å². The predicted molar refractivity (Wildman–Crippen MR) is 60.3 cm³/mol. The molecule has 1 heterocycles. The van der Waals surface area contributed by atoms with Gasteiger partial charge >= 0.3 is 0 Å². The van der Waals surface area contributed by atoms with E-state index in [-0.39, 0.29) is 0 Å². The quantitative estimate of drug-likeness (QED) is 0.725. The molecule has 16 heavy (non-hydrogen) atoms. The molecule has 1 aromatic heterocycles. The van der Waals surface area contributed by atoms with Gasteiger partial charge in [-0.2, -0.15) is 0 Å². The van der Waals surface area contributed by atoms with E-state index in [4.69, 9.17) is 11.5 Å². The van der Waals surface area contributed by atoms with Gasteiger partial charge in [0.05, 0.1) is 6.04 Å². The summed E-state index contributed by atoms with van der Waals surface area (Å²) in [6, 6.07) is 5.82. The summed E-state index contributed by atoms with van der Waals surface area (Å²) in [6.45, 7) is 0. The molecule has 1 aromatic carbocycles. The second kappa shape index (κ2) is 3.19. The molecule has 0 bridgehead atoms. The van der Waals surface area contributed by atoms with Crippen molar-refractivity contribution in [3.05, 3.63) is 18.2 Å². The predicted octanol–water partition coefficient (Wildman–Crippen LogP) is 0.839. The fourth-order valence-corrected chi connectivity index (χ4v) is 1.72. The number of hydrogen-bond donors (Lipinski definition) is 2.